The van der Waals surface area contributed by atoms with Crippen LogP contribution in [0.25, 0.3) is 10.4 Å². The van der Waals surface area contributed by atoms with Crippen LogP contribution in [0, 0.1) is 6.92 Å². The van der Waals surface area contributed by atoms with Gasteiger partial charge in [0.2, 0.25) is 0 Å². The number of azide groups is 1. The molecule has 0 aliphatic rings. The maximum atomic E-state index is 8.14. The lowest BCUT2D eigenvalue weighted by molar-refractivity contribution is 1.40. The van der Waals surface area contributed by atoms with Gasteiger partial charge in [-0.25, -0.2) is 0 Å². The van der Waals surface area contributed by atoms with Gasteiger partial charge in [-0.15, -0.1) is 0 Å². The molecule has 0 heterocycles. The molecule has 0 spiro atoms. The summed E-state index contributed by atoms with van der Waals surface area (Å²) in [6, 6.07) is 7.68. The van der Waals surface area contributed by atoms with E-state index in [1.165, 1.54) is 5.56 Å². The van der Waals surface area contributed by atoms with Crippen molar-refractivity contribution in [2.75, 3.05) is 0 Å². The fraction of sp³-hybridized carbons (Fsp3) is 0.222. The van der Waals surface area contributed by atoms with Crippen molar-refractivity contribution in [2.24, 2.45) is 10.1 Å². The standard InChI is InChI=1S/C9H10N4/c1-7-3-5-9(6-4-7)11-8(2)12-13-10/h3-6H,1-2H3. The SMILES string of the molecule is CC(N=[N+]=[N-])=Nc1ccc(C)cc1. The molecule has 13 heavy (non-hydrogen) atoms. The molecule has 1 rings (SSSR count). The molecule has 4 nitrogen and oxygen atoms in total. The monoisotopic (exact) mass is 174 g/mol. The van der Waals surface area contributed by atoms with E-state index in [9.17, 15) is 0 Å². The van der Waals surface area contributed by atoms with Gasteiger partial charge in [0.25, 0.3) is 0 Å². The summed E-state index contributed by atoms with van der Waals surface area (Å²) in [5.41, 5.74) is 10.1. The molecule has 0 atom stereocenters. The van der Waals surface area contributed by atoms with Gasteiger partial charge in [-0.3, -0.25) is 4.99 Å². The summed E-state index contributed by atoms with van der Waals surface area (Å²) in [5, 5.41) is 3.37. The van der Waals surface area contributed by atoms with E-state index in [-0.39, 0.29) is 0 Å². The Morgan fingerprint density at radius 3 is 2.46 bits per heavy atom. The molecule has 0 bridgehead atoms. The van der Waals surface area contributed by atoms with Gasteiger partial charge in [-0.2, -0.15) is 0 Å². The molecule has 0 amide bonds. The predicted molar refractivity (Wildman–Crippen MR) is 53.1 cm³/mol. The topological polar surface area (TPSA) is 61.1 Å². The largest absolute Gasteiger partial charge is 0.252 e. The molecule has 0 unspecified atom stereocenters. The molecule has 0 saturated carbocycles. The van der Waals surface area contributed by atoms with Crippen molar-refractivity contribution in [1.82, 2.24) is 0 Å². The lowest BCUT2D eigenvalue weighted by atomic mass is 10.2. The summed E-state index contributed by atoms with van der Waals surface area (Å²) in [6.07, 6.45) is 0. The summed E-state index contributed by atoms with van der Waals surface area (Å²) in [4.78, 5) is 6.73. The van der Waals surface area contributed by atoms with Gasteiger partial charge < -0.3 is 0 Å². The Bertz CT molecular complexity index is 358. The van der Waals surface area contributed by atoms with Gasteiger partial charge in [0.05, 0.1) is 5.69 Å². The highest BCUT2D eigenvalue weighted by atomic mass is 15.2. The molecule has 4 heteroatoms. The van der Waals surface area contributed by atoms with Gasteiger partial charge in [0.15, 0.2) is 0 Å². The van der Waals surface area contributed by atoms with Crippen molar-refractivity contribution < 1.29 is 0 Å². The van der Waals surface area contributed by atoms with Crippen molar-refractivity contribution in [2.45, 2.75) is 13.8 Å². The Balaban J connectivity index is 2.91. The zero-order valence-corrected chi connectivity index (χ0v) is 7.60. The Morgan fingerprint density at radius 2 is 1.92 bits per heavy atom. The van der Waals surface area contributed by atoms with Gasteiger partial charge in [0, 0.05) is 4.91 Å². The molecule has 0 aliphatic heterocycles. The number of hydrogen-bond donors (Lipinski definition) is 0. The van der Waals surface area contributed by atoms with Crippen molar-refractivity contribution in [3.8, 4) is 0 Å². The van der Waals surface area contributed by atoms with Crippen LogP contribution >= 0.6 is 0 Å². The highest BCUT2D eigenvalue weighted by molar-refractivity contribution is 5.83. The third-order valence-electron chi connectivity index (χ3n) is 1.51. The maximum Gasteiger partial charge on any atom is 0.101 e. The van der Waals surface area contributed by atoms with Crippen LogP contribution in [0.4, 0.5) is 5.69 Å². The van der Waals surface area contributed by atoms with Crippen LogP contribution in [-0.4, -0.2) is 5.84 Å². The van der Waals surface area contributed by atoms with Crippen molar-refractivity contribution in [3.05, 3.63) is 40.3 Å². The second-order valence-electron chi connectivity index (χ2n) is 2.68. The Morgan fingerprint density at radius 1 is 1.31 bits per heavy atom. The average Bonchev–Trinajstić information content (AvgIpc) is 2.09. The molecule has 66 valence electrons. The fourth-order valence-electron chi connectivity index (χ4n) is 0.893. The van der Waals surface area contributed by atoms with Crippen LogP contribution in [0.15, 0.2) is 34.4 Å². The van der Waals surface area contributed by atoms with E-state index in [1.54, 1.807) is 6.92 Å². The summed E-state index contributed by atoms with van der Waals surface area (Å²) in [7, 11) is 0. The lowest BCUT2D eigenvalue weighted by Crippen LogP contribution is -1.80. The van der Waals surface area contributed by atoms with Crippen molar-refractivity contribution in [1.29, 1.82) is 0 Å². The predicted octanol–water partition coefficient (Wildman–Crippen LogP) is 3.36. The quantitative estimate of drug-likeness (QED) is 0.206. The first kappa shape index (κ1) is 9.29. The van der Waals surface area contributed by atoms with E-state index >= 15 is 0 Å². The van der Waals surface area contributed by atoms with E-state index in [0.717, 1.165) is 5.69 Å². The van der Waals surface area contributed by atoms with E-state index in [2.05, 4.69) is 15.0 Å². The number of benzene rings is 1. The lowest BCUT2D eigenvalue weighted by Gasteiger charge is -1.94. The summed E-state index contributed by atoms with van der Waals surface area (Å²) in [5.74, 6) is 0.423. The summed E-state index contributed by atoms with van der Waals surface area (Å²) in [6.45, 7) is 3.67. The van der Waals surface area contributed by atoms with E-state index in [4.69, 9.17) is 5.53 Å². The van der Waals surface area contributed by atoms with Crippen LogP contribution in [0.3, 0.4) is 0 Å². The molecule has 0 aromatic heterocycles. The number of amidine groups is 1. The second kappa shape index (κ2) is 4.28. The number of rotatable bonds is 1. The first-order valence-corrected chi connectivity index (χ1v) is 3.89. The van der Waals surface area contributed by atoms with Gasteiger partial charge >= 0.3 is 0 Å². The maximum absolute atomic E-state index is 8.14. The van der Waals surface area contributed by atoms with Crippen molar-refractivity contribution in [3.63, 3.8) is 0 Å². The molecule has 1 aromatic rings. The number of aryl methyl sites for hydroxylation is 1. The fourth-order valence-corrected chi connectivity index (χ4v) is 0.893. The molecule has 0 saturated heterocycles. The number of aliphatic imine (C=N–C) groups is 1. The number of nitrogens with zero attached hydrogens (tertiary/aromatic N) is 4. The Hall–Kier alpha value is -1.80. The molecule has 0 aliphatic carbocycles. The highest BCUT2D eigenvalue weighted by Crippen LogP contribution is 2.12. The summed E-state index contributed by atoms with van der Waals surface area (Å²) >= 11 is 0. The van der Waals surface area contributed by atoms with Crippen LogP contribution in [0.1, 0.15) is 12.5 Å². The summed E-state index contributed by atoms with van der Waals surface area (Å²) < 4.78 is 0. The zero-order chi connectivity index (χ0) is 9.68. The number of hydrogen-bond acceptors (Lipinski definition) is 1. The first-order valence-electron chi connectivity index (χ1n) is 3.89. The minimum atomic E-state index is 0.423. The normalized spacial score (nSPS) is 10.8. The Labute approximate surface area is 76.6 Å². The first-order chi connectivity index (χ1) is 6.22. The molecular weight excluding hydrogens is 164 g/mol. The van der Waals surface area contributed by atoms with Crippen LogP contribution in [0.2, 0.25) is 0 Å². The molecule has 0 N–H and O–H groups in total. The smallest absolute Gasteiger partial charge is 0.101 e. The highest BCUT2D eigenvalue weighted by Gasteiger charge is 1.89. The van der Waals surface area contributed by atoms with Gasteiger partial charge in [-0.05, 0) is 36.6 Å². The van der Waals surface area contributed by atoms with E-state index in [1.807, 2.05) is 31.2 Å². The van der Waals surface area contributed by atoms with Crippen LogP contribution in [-0.2, 0) is 0 Å². The molecule has 0 radical (unpaired) electrons. The average molecular weight is 174 g/mol. The van der Waals surface area contributed by atoms with E-state index < -0.39 is 0 Å². The molecular formula is C9H10N4. The van der Waals surface area contributed by atoms with Gasteiger partial charge in [-0.1, -0.05) is 17.7 Å². The zero-order valence-electron chi connectivity index (χ0n) is 7.60. The van der Waals surface area contributed by atoms with Gasteiger partial charge in [0.1, 0.15) is 5.84 Å². The second-order valence-corrected chi connectivity index (χ2v) is 2.68. The van der Waals surface area contributed by atoms with Crippen molar-refractivity contribution >= 4 is 11.5 Å². The Kier molecular flexibility index (Phi) is 3.06. The minimum absolute atomic E-state index is 0.423. The third kappa shape index (κ3) is 2.97. The van der Waals surface area contributed by atoms with E-state index in [0.29, 0.717) is 5.84 Å². The van der Waals surface area contributed by atoms with Crippen LogP contribution in [0.5, 0.6) is 0 Å². The third-order valence-corrected chi connectivity index (χ3v) is 1.51. The molecule has 0 fully saturated rings. The minimum Gasteiger partial charge on any atom is -0.252 e. The van der Waals surface area contributed by atoms with Crippen LogP contribution < -0.4 is 0 Å². The molecule has 1 aromatic carbocycles.